The second-order valence-electron chi connectivity index (χ2n) is 30.4. The smallest absolute Gasteiger partial charge is 0.253 e. The first-order valence-corrected chi connectivity index (χ1v) is 48.2. The zero-order valence-electron chi connectivity index (χ0n) is 80.3. The first-order chi connectivity index (χ1) is 69.5. The molecule has 10 heterocycles. The number of sulfone groups is 1. The maximum Gasteiger partial charge on any atom is 0.253 e. The van der Waals surface area contributed by atoms with Gasteiger partial charge in [-0.1, -0.05) is 26.3 Å². The van der Waals surface area contributed by atoms with Crippen LogP contribution < -0.4 is 4.72 Å². The largest absolute Gasteiger partial charge is 0.389 e. The van der Waals surface area contributed by atoms with Gasteiger partial charge in [0.1, 0.15) is 0 Å². The molecular weight excluding hydrogens is 1980 g/mol. The fourth-order valence-corrected chi connectivity index (χ4v) is 13.3. The molecule has 798 valence electrons. The predicted octanol–water partition coefficient (Wildman–Crippen LogP) is -5.82. The Hall–Kier alpha value is -14.0. The van der Waals surface area contributed by atoms with E-state index in [2.05, 4.69) is 31.0 Å². The van der Waals surface area contributed by atoms with Gasteiger partial charge >= 0.3 is 0 Å². The van der Waals surface area contributed by atoms with Crippen LogP contribution in [-0.4, -0.2) is 462 Å². The Bertz CT molecular complexity index is 4680. The van der Waals surface area contributed by atoms with Crippen molar-refractivity contribution in [3.8, 4) is 0 Å². The van der Waals surface area contributed by atoms with Crippen molar-refractivity contribution in [2.24, 2.45) is 0 Å². The van der Waals surface area contributed by atoms with E-state index in [0.717, 1.165) is 98.6 Å². The number of ether oxygens (including phenoxy) is 10. The molecule has 0 aliphatic carbocycles. The van der Waals surface area contributed by atoms with Crippen molar-refractivity contribution in [3.63, 3.8) is 0 Å². The van der Waals surface area contributed by atoms with Crippen molar-refractivity contribution in [3.05, 3.63) is 171 Å². The number of rotatable bonds is 62. The molecule has 54 heteroatoms. The monoisotopic (exact) mass is 2090 g/mol. The summed E-state index contributed by atoms with van der Waals surface area (Å²) in [7, 11) is -6.56. The lowest BCUT2D eigenvalue weighted by molar-refractivity contribution is -0.144. The molecule has 0 saturated carbocycles. The summed E-state index contributed by atoms with van der Waals surface area (Å²) in [5.74, 6) is -8.34. The van der Waals surface area contributed by atoms with Gasteiger partial charge in [0.05, 0.1) is 189 Å². The lowest BCUT2D eigenvalue weighted by atomic mass is 10.2. The Balaban J connectivity index is 0.000000355. The number of β-amino-alcohol motifs (C(OH)–C–C–N with tert-alkyl or cyclic N) is 3. The number of aliphatic hydroxyl groups excluding tert-OH is 3. The molecule has 0 spiro atoms. The van der Waals surface area contributed by atoms with Crippen LogP contribution in [0.2, 0.25) is 0 Å². The lowest BCUT2D eigenvalue weighted by Gasteiger charge is -2.25. The fraction of sp³-hybridized carbons (Fsp3) is 0.457. The molecule has 10 rings (SSSR count). The highest BCUT2D eigenvalue weighted by Gasteiger charge is 2.36. The summed E-state index contributed by atoms with van der Waals surface area (Å²) < 4.78 is 98.9. The molecule has 0 saturated heterocycles. The van der Waals surface area contributed by atoms with Gasteiger partial charge in [0.25, 0.3) is 118 Å². The van der Waals surface area contributed by atoms with Crippen LogP contribution in [0.1, 0.15) is 33.1 Å². The molecule has 10 aliphatic rings. The molecule has 2 atom stereocenters. The highest BCUT2D eigenvalue weighted by molar-refractivity contribution is 7.94. The Labute approximate surface area is 839 Å². The summed E-state index contributed by atoms with van der Waals surface area (Å²) in [6, 6.07) is 0. The van der Waals surface area contributed by atoms with Crippen molar-refractivity contribution >= 4 is 150 Å². The third-order valence-corrected chi connectivity index (χ3v) is 22.4. The summed E-state index contributed by atoms with van der Waals surface area (Å²) in [6.07, 6.45) is 23.9. The van der Waals surface area contributed by atoms with Crippen LogP contribution in [0.5, 0.6) is 0 Å². The quantitative estimate of drug-likeness (QED) is 0.0325. The molecule has 0 bridgehead atoms. The third kappa shape index (κ3) is 46.8. The Kier molecular flexibility index (Phi) is 57.6. The van der Waals surface area contributed by atoms with Crippen LogP contribution >= 0.6 is 0 Å². The van der Waals surface area contributed by atoms with Gasteiger partial charge in [0, 0.05) is 199 Å². The minimum atomic E-state index is -3.40. The fourth-order valence-electron chi connectivity index (χ4n) is 12.2. The van der Waals surface area contributed by atoms with Gasteiger partial charge < -0.3 is 72.5 Å². The number of carbonyl (C=O) groups is 22. The molecule has 0 aromatic heterocycles. The number of amides is 22. The van der Waals surface area contributed by atoms with Crippen LogP contribution in [0.15, 0.2) is 171 Å². The summed E-state index contributed by atoms with van der Waals surface area (Å²) in [5, 5.41) is 31.0. The molecule has 52 nitrogen and oxygen atoms in total. The predicted molar refractivity (Wildman–Crippen MR) is 505 cm³/mol. The summed E-state index contributed by atoms with van der Waals surface area (Å²) in [4.78, 5) is 260. The van der Waals surface area contributed by atoms with Gasteiger partial charge in [-0.25, -0.2) is 21.6 Å². The van der Waals surface area contributed by atoms with Crippen LogP contribution in [0.3, 0.4) is 0 Å². The van der Waals surface area contributed by atoms with Crippen LogP contribution in [0.4, 0.5) is 0 Å². The Morgan fingerprint density at radius 2 is 0.479 bits per heavy atom. The summed E-state index contributed by atoms with van der Waals surface area (Å²) in [5.41, 5.74) is 0. The minimum absolute atomic E-state index is 0.0146. The van der Waals surface area contributed by atoms with Crippen molar-refractivity contribution < 1.29 is 185 Å². The van der Waals surface area contributed by atoms with Crippen molar-refractivity contribution in [1.29, 1.82) is 0 Å². The summed E-state index contributed by atoms with van der Waals surface area (Å²) in [6.45, 7) is 24.4. The number of hydrogen-bond acceptors (Lipinski definition) is 39. The van der Waals surface area contributed by atoms with Crippen LogP contribution in [0, 0.1) is 0 Å². The second-order valence-corrected chi connectivity index (χ2v) is 34.1. The molecule has 0 radical (unpaired) electrons. The molecule has 146 heavy (non-hydrogen) atoms. The number of nitrogens with one attached hydrogen (secondary N) is 1. The number of carbonyl (C=O) groups excluding carboxylic acids is 22. The van der Waals surface area contributed by atoms with E-state index >= 15 is 0 Å². The van der Waals surface area contributed by atoms with Crippen LogP contribution in [-0.2, 0) is 173 Å². The highest BCUT2D eigenvalue weighted by atomic mass is 32.2. The van der Waals surface area contributed by atoms with Crippen LogP contribution in [0.25, 0.3) is 0 Å². The number of aliphatic hydroxyl groups is 3. The minimum Gasteiger partial charge on any atom is -0.389 e. The maximum absolute atomic E-state index is 11.3. The van der Waals surface area contributed by atoms with Gasteiger partial charge in [0.2, 0.25) is 21.8 Å². The zero-order chi connectivity index (χ0) is 108. The van der Waals surface area contributed by atoms with Crippen molar-refractivity contribution in [2.45, 2.75) is 51.4 Å². The van der Waals surface area contributed by atoms with Gasteiger partial charge in [-0.15, -0.1) is 0 Å². The van der Waals surface area contributed by atoms with Gasteiger partial charge in [-0.2, -0.15) is 0 Å². The molecular formula is C92H119N13O39S2. The molecule has 0 aromatic carbocycles. The normalized spacial score (nSPS) is 16.3. The van der Waals surface area contributed by atoms with Gasteiger partial charge in [0.15, 0.2) is 9.84 Å². The van der Waals surface area contributed by atoms with Crippen molar-refractivity contribution in [2.75, 3.05) is 223 Å². The first kappa shape index (κ1) is 124. The van der Waals surface area contributed by atoms with E-state index in [-0.39, 0.29) is 167 Å². The molecule has 10 aliphatic heterocycles. The van der Waals surface area contributed by atoms with E-state index in [1.54, 1.807) is 0 Å². The number of imide groups is 10. The molecule has 0 aromatic rings. The van der Waals surface area contributed by atoms with Gasteiger partial charge in [-0.05, 0) is 31.7 Å². The van der Waals surface area contributed by atoms with Crippen molar-refractivity contribution in [1.82, 2.24) is 63.5 Å². The average molecular weight is 2100 g/mol. The van der Waals surface area contributed by atoms with E-state index < -0.39 is 98.5 Å². The van der Waals surface area contributed by atoms with Gasteiger partial charge in [-0.3, -0.25) is 154 Å². The maximum atomic E-state index is 11.3. The zero-order valence-corrected chi connectivity index (χ0v) is 81.9. The first-order valence-electron chi connectivity index (χ1n) is 45.0. The van der Waals surface area contributed by atoms with E-state index in [0.29, 0.717) is 145 Å². The second kappa shape index (κ2) is 67.6. The number of nitrogens with zero attached hydrogens (tertiary/aromatic N) is 12. The van der Waals surface area contributed by atoms with E-state index in [1.807, 2.05) is 0 Å². The highest BCUT2D eigenvalue weighted by Crippen LogP contribution is 2.15. The topological polar surface area (TPSA) is 648 Å². The Morgan fingerprint density at radius 1 is 0.281 bits per heavy atom. The number of sulfonamides is 1. The van der Waals surface area contributed by atoms with E-state index in [1.165, 1.54) is 119 Å². The van der Waals surface area contributed by atoms with E-state index in [9.17, 15) is 138 Å². The molecule has 2 unspecified atom stereocenters. The Morgan fingerprint density at radius 3 is 0.699 bits per heavy atom. The SMILES string of the molecule is C=CN(CCOCCOCCN(C=C)C(C)=O)C(C)=O.C=CS(=O)(=O)CCCOCCOCCNS(=O)(=O)C=C.O=C1C=CC(=O)N1CC(O)C(O)CN1C(=O)C=CC1=O.O=C1C=CC(=O)N1CC(O)CN1C(=O)C=CC1=O.O=C1C=CC(=O)N1CCCOCCOCCCN1C(=O)C=CC1=O.O=C1C=CC(=O)N1CCOCCOCCN1C(=O)C=CC1=O.O=C1C=CC(=O)N1CCOCCOCCN1C(=O)C=CC1=O. The molecule has 22 amide bonds. The molecule has 4 N–H and O–H groups in total. The molecule has 0 fully saturated rings. The summed E-state index contributed by atoms with van der Waals surface area (Å²) >= 11 is 0. The standard InChI is InChI=1S/C16H20N2O6.2C14H16N2O6.C14H24N2O4.C12H12N2O6.C11H10N2O5.C11H21NO6S2/c19-13-3-4-14(20)17(13)7-1-9-23-11-12-24-10-2-8-18-15(21)5-6-16(18)22;2*17-11-1-2-12(18)15(11)5-7-21-9-10-22-8-6-16-13(19)3-4-14(16)20;1-5-15(13(3)17)7-9-19-11-12-20-10-8-16(6-2)14(4)18;15-7(5-13-9(17)1-2-10(13)18)8(16)6-14-11(19)3-4-12(14)20;14-7(5-12-8(15)1-2-9(12)16)6-13-10(17)3-4-11(13)18;1-3-19(13,14)11-5-7-17-9-10-18-8-6-12-20(15,16)4-2/h3-6H,1-2,7-12H2;2*1-4H,5-10H2;5-6H,1-2,7-12H2,3-4H3;1-4,7-8,15-16H,5-6H2;1-4,7,14H,5-6H2;3-4,12H,1-2,5-11H2. The number of hydrogen-bond donors (Lipinski definition) is 4. The third-order valence-electron chi connectivity index (χ3n) is 20.0. The average Bonchev–Trinajstić information content (AvgIpc) is 1.70. The lowest BCUT2D eigenvalue weighted by Crippen LogP contribution is -2.47. The van der Waals surface area contributed by atoms with E-state index in [4.69, 9.17) is 47.4 Å².